The van der Waals surface area contributed by atoms with E-state index in [0.717, 1.165) is 5.39 Å². The molecule has 118 valence electrons. The van der Waals surface area contributed by atoms with Crippen LogP contribution in [0.15, 0.2) is 51.7 Å². The SMILES string of the molecule is COc1ccc2c(COc3ccc(F)c(Cl)c3)cc(=O)oc2c1. The largest absolute Gasteiger partial charge is 0.497 e. The van der Waals surface area contributed by atoms with Gasteiger partial charge in [0.2, 0.25) is 0 Å². The second-order valence-corrected chi connectivity index (χ2v) is 5.22. The van der Waals surface area contributed by atoms with Crippen LogP contribution in [0.5, 0.6) is 11.5 Å². The van der Waals surface area contributed by atoms with E-state index in [1.54, 1.807) is 18.2 Å². The van der Waals surface area contributed by atoms with E-state index in [0.29, 0.717) is 22.6 Å². The number of hydrogen-bond acceptors (Lipinski definition) is 4. The molecule has 0 unspecified atom stereocenters. The van der Waals surface area contributed by atoms with Crippen LogP contribution in [0.2, 0.25) is 5.02 Å². The first-order valence-corrected chi connectivity index (χ1v) is 7.13. The first-order valence-electron chi connectivity index (χ1n) is 6.75. The van der Waals surface area contributed by atoms with Crippen LogP contribution in [0, 0.1) is 5.82 Å². The molecule has 0 spiro atoms. The minimum atomic E-state index is -0.517. The molecule has 0 saturated carbocycles. The number of benzene rings is 2. The summed E-state index contributed by atoms with van der Waals surface area (Å²) in [5, 5.41) is 0.711. The van der Waals surface area contributed by atoms with Gasteiger partial charge in [0.25, 0.3) is 0 Å². The fourth-order valence-electron chi connectivity index (χ4n) is 2.18. The van der Waals surface area contributed by atoms with E-state index >= 15 is 0 Å². The Hall–Kier alpha value is -2.53. The van der Waals surface area contributed by atoms with Crippen molar-refractivity contribution < 1.29 is 18.3 Å². The van der Waals surface area contributed by atoms with Crippen molar-refractivity contribution in [2.45, 2.75) is 6.61 Å². The molecule has 0 amide bonds. The number of fused-ring (bicyclic) bond motifs is 1. The smallest absolute Gasteiger partial charge is 0.336 e. The Labute approximate surface area is 136 Å². The molecule has 6 heteroatoms. The molecule has 1 heterocycles. The molecule has 0 atom stereocenters. The average molecular weight is 335 g/mol. The van der Waals surface area contributed by atoms with Gasteiger partial charge in [0.1, 0.15) is 29.5 Å². The van der Waals surface area contributed by atoms with Gasteiger partial charge < -0.3 is 13.9 Å². The van der Waals surface area contributed by atoms with Crippen molar-refractivity contribution in [2.75, 3.05) is 7.11 Å². The fourth-order valence-corrected chi connectivity index (χ4v) is 2.35. The lowest BCUT2D eigenvalue weighted by Gasteiger charge is -2.09. The van der Waals surface area contributed by atoms with E-state index in [4.69, 9.17) is 25.5 Å². The maximum absolute atomic E-state index is 13.1. The Morgan fingerprint density at radius 1 is 1.13 bits per heavy atom. The van der Waals surface area contributed by atoms with Gasteiger partial charge in [0, 0.05) is 29.1 Å². The van der Waals surface area contributed by atoms with Crippen molar-refractivity contribution in [3.63, 3.8) is 0 Å². The molecule has 0 N–H and O–H groups in total. The van der Waals surface area contributed by atoms with E-state index in [9.17, 15) is 9.18 Å². The quantitative estimate of drug-likeness (QED) is 0.672. The van der Waals surface area contributed by atoms with E-state index < -0.39 is 11.4 Å². The first kappa shape index (κ1) is 15.4. The molecule has 3 aromatic rings. The van der Waals surface area contributed by atoms with Crippen molar-refractivity contribution in [1.29, 1.82) is 0 Å². The van der Waals surface area contributed by atoms with Crippen molar-refractivity contribution in [3.05, 3.63) is 69.3 Å². The van der Waals surface area contributed by atoms with Gasteiger partial charge in [0.15, 0.2) is 0 Å². The summed E-state index contributed by atoms with van der Waals surface area (Å²) in [6, 6.07) is 10.6. The summed E-state index contributed by atoms with van der Waals surface area (Å²) >= 11 is 5.72. The topological polar surface area (TPSA) is 48.7 Å². The molecule has 0 aliphatic rings. The molecular formula is C17H12ClFO4. The van der Waals surface area contributed by atoms with Crippen molar-refractivity contribution >= 4 is 22.6 Å². The van der Waals surface area contributed by atoms with Gasteiger partial charge in [-0.3, -0.25) is 0 Å². The Morgan fingerprint density at radius 2 is 1.91 bits per heavy atom. The van der Waals surface area contributed by atoms with Crippen LogP contribution in [0.3, 0.4) is 0 Å². The molecule has 0 fully saturated rings. The number of methoxy groups -OCH3 is 1. The summed E-state index contributed by atoms with van der Waals surface area (Å²) in [5.41, 5.74) is 0.577. The van der Waals surface area contributed by atoms with Crippen LogP contribution in [0.25, 0.3) is 11.0 Å². The van der Waals surface area contributed by atoms with E-state index in [1.165, 1.54) is 31.4 Å². The summed E-state index contributed by atoms with van der Waals surface area (Å²) in [5.74, 6) is 0.479. The van der Waals surface area contributed by atoms with Crippen LogP contribution in [-0.4, -0.2) is 7.11 Å². The van der Waals surface area contributed by atoms with Crippen LogP contribution in [0.4, 0.5) is 4.39 Å². The normalized spacial score (nSPS) is 10.7. The van der Waals surface area contributed by atoms with Gasteiger partial charge in [-0.05, 0) is 24.3 Å². The standard InChI is InChI=1S/C17H12ClFO4/c1-21-11-2-4-13-10(6-17(20)23-16(13)8-11)9-22-12-3-5-15(19)14(18)7-12/h2-8H,9H2,1H3. The molecule has 0 bridgehead atoms. The predicted molar refractivity (Wildman–Crippen MR) is 84.8 cm³/mol. The number of hydrogen-bond donors (Lipinski definition) is 0. The zero-order chi connectivity index (χ0) is 16.4. The maximum atomic E-state index is 13.1. The van der Waals surface area contributed by atoms with E-state index in [-0.39, 0.29) is 11.6 Å². The highest BCUT2D eigenvalue weighted by atomic mass is 35.5. The lowest BCUT2D eigenvalue weighted by molar-refractivity contribution is 0.306. The maximum Gasteiger partial charge on any atom is 0.336 e. The minimum absolute atomic E-state index is 0.0235. The van der Waals surface area contributed by atoms with Crippen LogP contribution in [-0.2, 0) is 6.61 Å². The molecule has 1 aromatic heterocycles. The Bertz CT molecular complexity index is 920. The average Bonchev–Trinajstić information content (AvgIpc) is 2.54. The molecular weight excluding hydrogens is 323 g/mol. The fraction of sp³-hybridized carbons (Fsp3) is 0.118. The number of halogens is 2. The lowest BCUT2D eigenvalue weighted by Crippen LogP contribution is -2.04. The molecule has 23 heavy (non-hydrogen) atoms. The van der Waals surface area contributed by atoms with E-state index in [2.05, 4.69) is 0 Å². The van der Waals surface area contributed by atoms with Gasteiger partial charge in [-0.1, -0.05) is 11.6 Å². The Balaban J connectivity index is 1.93. The van der Waals surface area contributed by atoms with Gasteiger partial charge in [-0.15, -0.1) is 0 Å². The molecule has 0 aliphatic heterocycles. The summed E-state index contributed by atoms with van der Waals surface area (Å²) in [6.07, 6.45) is 0. The van der Waals surface area contributed by atoms with Gasteiger partial charge >= 0.3 is 5.63 Å². The molecule has 0 aliphatic carbocycles. The minimum Gasteiger partial charge on any atom is -0.497 e. The summed E-state index contributed by atoms with van der Waals surface area (Å²) < 4.78 is 29.0. The highest BCUT2D eigenvalue weighted by Crippen LogP contribution is 2.25. The third kappa shape index (κ3) is 3.29. The zero-order valence-corrected chi connectivity index (χ0v) is 12.9. The highest BCUT2D eigenvalue weighted by molar-refractivity contribution is 6.30. The summed E-state index contributed by atoms with van der Waals surface area (Å²) in [6.45, 7) is 0.121. The van der Waals surface area contributed by atoms with Crippen LogP contribution in [0.1, 0.15) is 5.56 Å². The van der Waals surface area contributed by atoms with Crippen LogP contribution < -0.4 is 15.1 Å². The number of ether oxygens (including phenoxy) is 2. The Kier molecular flexibility index (Phi) is 4.21. The summed E-state index contributed by atoms with van der Waals surface area (Å²) in [4.78, 5) is 11.7. The van der Waals surface area contributed by atoms with Gasteiger partial charge in [-0.2, -0.15) is 0 Å². The molecule has 2 aromatic carbocycles. The molecule has 0 saturated heterocycles. The van der Waals surface area contributed by atoms with Crippen molar-refractivity contribution in [1.82, 2.24) is 0 Å². The summed E-state index contributed by atoms with van der Waals surface area (Å²) in [7, 11) is 1.53. The molecule has 4 nitrogen and oxygen atoms in total. The predicted octanol–water partition coefficient (Wildman–Crippen LogP) is 4.17. The monoisotopic (exact) mass is 334 g/mol. The second-order valence-electron chi connectivity index (χ2n) is 4.82. The zero-order valence-electron chi connectivity index (χ0n) is 12.1. The Morgan fingerprint density at radius 3 is 2.65 bits per heavy atom. The number of rotatable bonds is 4. The third-order valence-corrected chi connectivity index (χ3v) is 3.61. The van der Waals surface area contributed by atoms with Crippen LogP contribution >= 0.6 is 11.6 Å². The second kappa shape index (κ2) is 6.30. The van der Waals surface area contributed by atoms with Gasteiger partial charge in [-0.25, -0.2) is 9.18 Å². The van der Waals surface area contributed by atoms with Crippen molar-refractivity contribution in [2.24, 2.45) is 0 Å². The molecule has 0 radical (unpaired) electrons. The van der Waals surface area contributed by atoms with Gasteiger partial charge in [0.05, 0.1) is 12.1 Å². The highest BCUT2D eigenvalue weighted by Gasteiger charge is 2.09. The lowest BCUT2D eigenvalue weighted by atomic mass is 10.1. The molecule has 3 rings (SSSR count). The van der Waals surface area contributed by atoms with E-state index in [1.807, 2.05) is 0 Å². The third-order valence-electron chi connectivity index (χ3n) is 3.32. The van der Waals surface area contributed by atoms with Crippen molar-refractivity contribution in [3.8, 4) is 11.5 Å². The first-order chi connectivity index (χ1) is 11.1.